The third-order valence-electron chi connectivity index (χ3n) is 11.0. The quantitative estimate of drug-likeness (QED) is 0.196. The lowest BCUT2D eigenvalue weighted by Gasteiger charge is -2.25. The maximum atomic E-state index is 12.4. The average Bonchev–Trinajstić information content (AvgIpc) is 3.95. The maximum Gasteiger partial charge on any atom is 0.407 e. The Morgan fingerprint density at radius 3 is 1.76 bits per heavy atom. The number of ether oxygens (including phenoxy) is 1. The molecule has 15 heteroatoms. The fourth-order valence-electron chi connectivity index (χ4n) is 8.49. The van der Waals surface area contributed by atoms with E-state index in [-0.39, 0.29) is 12.2 Å². The highest BCUT2D eigenvalue weighted by Crippen LogP contribution is 2.47. The van der Waals surface area contributed by atoms with Gasteiger partial charge >= 0.3 is 6.09 Å². The van der Waals surface area contributed by atoms with E-state index in [4.69, 9.17) is 9.84 Å². The van der Waals surface area contributed by atoms with Crippen molar-refractivity contribution in [1.82, 2.24) is 54.0 Å². The summed E-state index contributed by atoms with van der Waals surface area (Å²) in [5.41, 5.74) is 5.38. The summed E-state index contributed by atoms with van der Waals surface area (Å²) in [6.07, 6.45) is 13.1. The van der Waals surface area contributed by atoms with E-state index in [1.807, 2.05) is 12.4 Å². The van der Waals surface area contributed by atoms with E-state index >= 15 is 0 Å². The minimum absolute atomic E-state index is 0.216. The number of nitrogens with one attached hydrogen (secondary N) is 2. The lowest BCUT2D eigenvalue weighted by atomic mass is 9.93. The Hall–Kier alpha value is -4.66. The van der Waals surface area contributed by atoms with Crippen LogP contribution in [0.15, 0.2) is 36.9 Å². The van der Waals surface area contributed by atoms with Gasteiger partial charge in [-0.05, 0) is 62.5 Å². The van der Waals surface area contributed by atoms with Gasteiger partial charge in [-0.1, -0.05) is 26.7 Å². The molecule has 6 aromatic heterocycles. The molecule has 0 spiro atoms. The molecule has 3 fully saturated rings. The molecule has 49 heavy (non-hydrogen) atoms. The number of carbonyl (C=O) groups is 1. The van der Waals surface area contributed by atoms with Crippen molar-refractivity contribution in [2.45, 2.75) is 95.4 Å². The number of piperidine rings is 1. The molecule has 1 aliphatic heterocycles. The topological polar surface area (TPSA) is 168 Å². The number of aromatic amines is 2. The second-order valence-electron chi connectivity index (χ2n) is 13.8. The number of nitrogens with zero attached hydrogens (tertiary/aromatic N) is 9. The molecule has 14 nitrogen and oxygen atoms in total. The highest BCUT2D eigenvalue weighted by Gasteiger charge is 2.43. The second kappa shape index (κ2) is 13.0. The van der Waals surface area contributed by atoms with Crippen molar-refractivity contribution in [1.29, 1.82) is 0 Å². The molecule has 2 aliphatic carbocycles. The Labute approximate surface area is 281 Å². The summed E-state index contributed by atoms with van der Waals surface area (Å²) < 4.78 is 23.7. The Morgan fingerprint density at radius 2 is 1.31 bits per heavy atom. The normalized spacial score (nSPS) is 26.3. The molecular formula is C34H42FN11O3. The molecule has 0 aromatic carbocycles. The molecule has 3 aliphatic rings. The van der Waals surface area contributed by atoms with Gasteiger partial charge in [-0.3, -0.25) is 8.80 Å². The summed E-state index contributed by atoms with van der Waals surface area (Å²) in [5, 5.41) is 26.7. The van der Waals surface area contributed by atoms with Crippen LogP contribution in [-0.2, 0) is 4.74 Å². The predicted molar refractivity (Wildman–Crippen MR) is 179 cm³/mol. The van der Waals surface area contributed by atoms with Crippen molar-refractivity contribution >= 4 is 39.7 Å². The minimum Gasteiger partial charge on any atom is -0.465 e. The monoisotopic (exact) mass is 671 g/mol. The summed E-state index contributed by atoms with van der Waals surface area (Å²) in [6.45, 7) is 5.25. The van der Waals surface area contributed by atoms with E-state index in [1.54, 1.807) is 12.4 Å². The van der Waals surface area contributed by atoms with E-state index in [1.165, 1.54) is 4.90 Å². The number of rotatable bonds is 6. The molecule has 6 atom stereocenters. The number of fused-ring (bicyclic) bond motifs is 6. The number of alkyl halides is 1. The third-order valence-corrected chi connectivity index (χ3v) is 11.0. The fourth-order valence-corrected chi connectivity index (χ4v) is 8.49. The number of amides is 1. The standard InChI is InChI=1S/C28H32N10O.C6H10FNO2/c1-3-15-9-17(11-19(15)27-35-33-23-13-31-25-21(37(23)27)5-7-29-25)39-18-10-16(4-2)20(12-18)28-36-34-24-14-32-26-22(38(24)28)6-8-30-26;7-5-1-3-8(4-2-5)6(9)10/h5-8,13-20,29-30H,3-4,9-12H2,1-2H3;5H,1-4H2,(H,9,10)/t15-,16-,17+,18+,19+,20+;/m1./s1. The van der Waals surface area contributed by atoms with Gasteiger partial charge in [-0.15, -0.1) is 20.4 Å². The molecule has 1 amide bonds. The molecular weight excluding hydrogens is 629 g/mol. The molecule has 9 rings (SSSR count). The first kappa shape index (κ1) is 31.6. The number of H-pyrrole nitrogens is 2. The van der Waals surface area contributed by atoms with E-state index in [0.717, 1.165) is 83.8 Å². The first-order valence-electron chi connectivity index (χ1n) is 17.5. The molecule has 3 N–H and O–H groups in total. The molecule has 2 saturated carbocycles. The molecule has 0 unspecified atom stereocenters. The van der Waals surface area contributed by atoms with Crippen molar-refractivity contribution in [2.75, 3.05) is 13.1 Å². The van der Waals surface area contributed by atoms with Gasteiger partial charge in [0, 0.05) is 37.3 Å². The average molecular weight is 672 g/mol. The van der Waals surface area contributed by atoms with Crippen LogP contribution in [0.2, 0.25) is 0 Å². The van der Waals surface area contributed by atoms with Crippen LogP contribution in [0.1, 0.15) is 88.7 Å². The summed E-state index contributed by atoms with van der Waals surface area (Å²) >= 11 is 0. The molecule has 0 bridgehead atoms. The largest absolute Gasteiger partial charge is 0.465 e. The highest BCUT2D eigenvalue weighted by atomic mass is 19.1. The Bertz CT molecular complexity index is 1950. The van der Waals surface area contributed by atoms with Crippen LogP contribution >= 0.6 is 0 Å². The summed E-state index contributed by atoms with van der Waals surface area (Å²) in [5.74, 6) is 3.71. The third kappa shape index (κ3) is 5.77. The number of carboxylic acid groups (broad SMARTS) is 1. The number of aromatic nitrogens is 10. The second-order valence-corrected chi connectivity index (χ2v) is 13.8. The minimum atomic E-state index is -0.938. The van der Waals surface area contributed by atoms with Gasteiger partial charge in [0.05, 0.1) is 35.6 Å². The Morgan fingerprint density at radius 1 is 0.816 bits per heavy atom. The van der Waals surface area contributed by atoms with Gasteiger partial charge < -0.3 is 24.7 Å². The van der Waals surface area contributed by atoms with Gasteiger partial charge in [0.25, 0.3) is 0 Å². The smallest absolute Gasteiger partial charge is 0.407 e. The van der Waals surface area contributed by atoms with Gasteiger partial charge in [0.15, 0.2) is 22.6 Å². The lowest BCUT2D eigenvalue weighted by Crippen LogP contribution is -2.37. The van der Waals surface area contributed by atoms with Crippen LogP contribution in [0.4, 0.5) is 9.18 Å². The van der Waals surface area contributed by atoms with Gasteiger partial charge in [-0.2, -0.15) is 0 Å². The van der Waals surface area contributed by atoms with E-state index in [2.05, 4.69) is 75.1 Å². The van der Waals surface area contributed by atoms with Crippen molar-refractivity contribution < 1.29 is 19.0 Å². The SMILES string of the molecule is CC[C@@H]1C[C@H](O[C@H]2C[C@@H](CC)[C@@H](c3nnc4cnc5[nH]ccc5n34)C2)C[C@@H]1c1nnc2cnc3[nH]ccc3n12.O=C(O)N1CCC(F)CC1. The van der Waals surface area contributed by atoms with Crippen LogP contribution in [0.3, 0.4) is 0 Å². The van der Waals surface area contributed by atoms with Gasteiger partial charge in [0.2, 0.25) is 0 Å². The summed E-state index contributed by atoms with van der Waals surface area (Å²) in [4.78, 5) is 26.9. The van der Waals surface area contributed by atoms with Crippen molar-refractivity contribution in [3.8, 4) is 0 Å². The Balaban J connectivity index is 0.000000302. The lowest BCUT2D eigenvalue weighted by molar-refractivity contribution is -0.00877. The van der Waals surface area contributed by atoms with Crippen molar-refractivity contribution in [3.63, 3.8) is 0 Å². The number of likely N-dealkylation sites (tertiary alicyclic amines) is 1. The summed E-state index contributed by atoms with van der Waals surface area (Å²) in [6, 6.07) is 4.11. The number of hydrogen-bond donors (Lipinski definition) is 3. The number of halogens is 1. The molecule has 1 saturated heterocycles. The maximum absolute atomic E-state index is 12.4. The zero-order valence-electron chi connectivity index (χ0n) is 27.7. The van der Waals surface area contributed by atoms with Gasteiger partial charge in [-0.25, -0.2) is 19.2 Å². The predicted octanol–water partition coefficient (Wildman–Crippen LogP) is 5.88. The fraction of sp³-hybridized carbons (Fsp3) is 0.559. The van der Waals surface area contributed by atoms with Crippen LogP contribution in [-0.4, -0.2) is 96.7 Å². The van der Waals surface area contributed by atoms with E-state index in [9.17, 15) is 9.18 Å². The molecule has 0 radical (unpaired) electrons. The summed E-state index contributed by atoms with van der Waals surface area (Å²) in [7, 11) is 0. The first-order valence-corrected chi connectivity index (χ1v) is 17.5. The van der Waals surface area contributed by atoms with Crippen molar-refractivity contribution in [2.24, 2.45) is 11.8 Å². The van der Waals surface area contributed by atoms with Crippen LogP contribution < -0.4 is 0 Å². The number of hydrogen-bond acceptors (Lipinski definition) is 8. The molecule has 258 valence electrons. The van der Waals surface area contributed by atoms with Crippen molar-refractivity contribution in [3.05, 3.63) is 48.6 Å². The van der Waals surface area contributed by atoms with Crippen LogP contribution in [0.5, 0.6) is 0 Å². The molecule has 6 aromatic rings. The van der Waals surface area contributed by atoms with E-state index in [0.29, 0.717) is 49.6 Å². The Kier molecular flexibility index (Phi) is 8.38. The zero-order valence-corrected chi connectivity index (χ0v) is 27.7. The van der Waals surface area contributed by atoms with E-state index < -0.39 is 12.3 Å². The first-order chi connectivity index (χ1) is 23.9. The van der Waals surface area contributed by atoms with Crippen LogP contribution in [0, 0.1) is 11.8 Å². The molecule has 7 heterocycles. The highest BCUT2D eigenvalue weighted by molar-refractivity contribution is 5.75. The van der Waals surface area contributed by atoms with Crippen LogP contribution in [0.25, 0.3) is 33.6 Å². The zero-order chi connectivity index (χ0) is 33.6. The van der Waals surface area contributed by atoms with Gasteiger partial charge in [0.1, 0.15) is 17.8 Å².